The Balaban J connectivity index is 1.30. The maximum atomic E-state index is 12.5. The second-order valence-corrected chi connectivity index (χ2v) is 7.99. The molecule has 4 amide bonds. The lowest BCUT2D eigenvalue weighted by molar-refractivity contribution is -0.117. The molecule has 4 N–H and O–H groups in total. The van der Waals surface area contributed by atoms with Crippen molar-refractivity contribution in [1.82, 2.24) is 0 Å². The number of urea groups is 1. The highest BCUT2D eigenvalue weighted by atomic mass is 32.1. The van der Waals surface area contributed by atoms with Gasteiger partial charge in [0, 0.05) is 23.0 Å². The molecular weight excluding hydrogens is 400 g/mol. The van der Waals surface area contributed by atoms with Crippen LogP contribution in [0, 0.1) is 5.92 Å². The van der Waals surface area contributed by atoms with E-state index in [0.717, 1.165) is 12.8 Å². The number of hydrogen-bond acceptors (Lipinski definition) is 4. The lowest BCUT2D eigenvalue weighted by atomic mass is 10.2. The lowest BCUT2D eigenvalue weighted by Crippen LogP contribution is -2.18. The number of hydrogen-bond donors (Lipinski definition) is 4. The third kappa shape index (κ3) is 5.24. The van der Waals surface area contributed by atoms with Gasteiger partial charge in [0.1, 0.15) is 0 Å². The molecule has 1 aromatic heterocycles. The zero-order chi connectivity index (χ0) is 20.9. The molecule has 4 rings (SSSR count). The maximum Gasteiger partial charge on any atom is 0.324 e. The summed E-state index contributed by atoms with van der Waals surface area (Å²) >= 11 is 1.18. The molecule has 2 aromatic carbocycles. The van der Waals surface area contributed by atoms with Gasteiger partial charge in [0.25, 0.3) is 5.91 Å². The van der Waals surface area contributed by atoms with E-state index in [-0.39, 0.29) is 23.8 Å². The molecule has 1 heterocycles. The van der Waals surface area contributed by atoms with Gasteiger partial charge in [-0.2, -0.15) is 0 Å². The van der Waals surface area contributed by atoms with Crippen LogP contribution in [-0.4, -0.2) is 17.8 Å². The molecule has 0 radical (unpaired) electrons. The van der Waals surface area contributed by atoms with E-state index < -0.39 is 0 Å². The fourth-order valence-electron chi connectivity index (χ4n) is 2.74. The molecule has 0 unspecified atom stereocenters. The molecule has 0 saturated heterocycles. The van der Waals surface area contributed by atoms with E-state index in [9.17, 15) is 14.4 Å². The number of para-hydroxylation sites is 1. The molecule has 1 fully saturated rings. The Morgan fingerprint density at radius 1 is 0.700 bits per heavy atom. The van der Waals surface area contributed by atoms with Crippen LogP contribution in [-0.2, 0) is 4.79 Å². The molecule has 3 aromatic rings. The second kappa shape index (κ2) is 8.79. The first-order chi connectivity index (χ1) is 14.6. The Hall–Kier alpha value is -3.65. The molecule has 8 heteroatoms. The molecule has 1 aliphatic rings. The van der Waals surface area contributed by atoms with Gasteiger partial charge in [-0.05, 0) is 61.4 Å². The van der Waals surface area contributed by atoms with E-state index in [4.69, 9.17) is 0 Å². The Morgan fingerprint density at radius 2 is 1.33 bits per heavy atom. The average molecular weight is 420 g/mol. The van der Waals surface area contributed by atoms with E-state index in [1.807, 2.05) is 18.2 Å². The predicted octanol–water partition coefficient (Wildman–Crippen LogP) is 4.99. The van der Waals surface area contributed by atoms with Crippen LogP contribution in [0.4, 0.5) is 26.9 Å². The summed E-state index contributed by atoms with van der Waals surface area (Å²) < 4.78 is 0. The quantitative estimate of drug-likeness (QED) is 0.452. The molecular formula is C22H20N4O3S. The Labute approximate surface area is 177 Å². The van der Waals surface area contributed by atoms with E-state index in [2.05, 4.69) is 21.3 Å². The fraction of sp³-hybridized carbons (Fsp3) is 0.136. The van der Waals surface area contributed by atoms with Gasteiger partial charge in [0.05, 0.1) is 9.88 Å². The summed E-state index contributed by atoms with van der Waals surface area (Å²) in [6.07, 6.45) is 1.90. The largest absolute Gasteiger partial charge is 0.326 e. The average Bonchev–Trinajstić information content (AvgIpc) is 3.49. The maximum absolute atomic E-state index is 12.5. The molecule has 0 atom stereocenters. The number of amides is 4. The number of nitrogens with one attached hydrogen (secondary N) is 4. The van der Waals surface area contributed by atoms with E-state index >= 15 is 0 Å². The van der Waals surface area contributed by atoms with Crippen molar-refractivity contribution >= 4 is 51.2 Å². The summed E-state index contributed by atoms with van der Waals surface area (Å²) in [7, 11) is 0. The van der Waals surface area contributed by atoms with Crippen LogP contribution in [0.25, 0.3) is 0 Å². The molecule has 1 saturated carbocycles. The first-order valence-electron chi connectivity index (χ1n) is 9.52. The minimum atomic E-state index is -0.376. The van der Waals surface area contributed by atoms with Crippen molar-refractivity contribution in [2.75, 3.05) is 21.3 Å². The van der Waals surface area contributed by atoms with Gasteiger partial charge in [0.2, 0.25) is 5.91 Å². The van der Waals surface area contributed by atoms with Gasteiger partial charge in [0.15, 0.2) is 0 Å². The zero-order valence-electron chi connectivity index (χ0n) is 16.0. The zero-order valence-corrected chi connectivity index (χ0v) is 16.8. The van der Waals surface area contributed by atoms with Crippen molar-refractivity contribution in [1.29, 1.82) is 0 Å². The van der Waals surface area contributed by atoms with Crippen LogP contribution < -0.4 is 21.3 Å². The van der Waals surface area contributed by atoms with Crippen molar-refractivity contribution in [3.8, 4) is 0 Å². The fourth-order valence-corrected chi connectivity index (χ4v) is 3.54. The standard InChI is InChI=1S/C22H20N4O3S/c27-20(14-6-7-14)23-16-8-10-17(11-9-16)24-21(28)18-12-13-19(30-18)26-22(29)25-15-4-2-1-3-5-15/h1-5,8-14H,6-7H2,(H,23,27)(H,24,28)(H2,25,26,29). The molecule has 1 aliphatic carbocycles. The predicted molar refractivity (Wildman–Crippen MR) is 119 cm³/mol. The Morgan fingerprint density at radius 3 is 2.00 bits per heavy atom. The normalized spacial score (nSPS) is 12.7. The van der Waals surface area contributed by atoms with Crippen molar-refractivity contribution < 1.29 is 14.4 Å². The van der Waals surface area contributed by atoms with Crippen LogP contribution in [0.3, 0.4) is 0 Å². The van der Waals surface area contributed by atoms with E-state index in [1.165, 1.54) is 11.3 Å². The lowest BCUT2D eigenvalue weighted by Gasteiger charge is -2.07. The summed E-state index contributed by atoms with van der Waals surface area (Å²) in [6.45, 7) is 0. The monoisotopic (exact) mass is 420 g/mol. The molecule has 152 valence electrons. The highest BCUT2D eigenvalue weighted by Crippen LogP contribution is 2.30. The molecule has 0 bridgehead atoms. The van der Waals surface area contributed by atoms with Gasteiger partial charge in [-0.3, -0.25) is 14.9 Å². The minimum Gasteiger partial charge on any atom is -0.326 e. The Bertz CT molecular complexity index is 1060. The van der Waals surface area contributed by atoms with Crippen LogP contribution >= 0.6 is 11.3 Å². The third-order valence-electron chi connectivity index (χ3n) is 4.46. The highest BCUT2D eigenvalue weighted by molar-refractivity contribution is 7.18. The van der Waals surface area contributed by atoms with Gasteiger partial charge in [-0.1, -0.05) is 18.2 Å². The van der Waals surface area contributed by atoms with Crippen LogP contribution in [0.2, 0.25) is 0 Å². The minimum absolute atomic E-state index is 0.0432. The van der Waals surface area contributed by atoms with Crippen molar-refractivity contribution in [2.24, 2.45) is 5.92 Å². The third-order valence-corrected chi connectivity index (χ3v) is 5.46. The topological polar surface area (TPSA) is 99.3 Å². The smallest absolute Gasteiger partial charge is 0.324 e. The number of benzene rings is 2. The van der Waals surface area contributed by atoms with Gasteiger partial charge in [-0.15, -0.1) is 11.3 Å². The summed E-state index contributed by atoms with van der Waals surface area (Å²) in [6, 6.07) is 19.0. The van der Waals surface area contributed by atoms with Gasteiger partial charge >= 0.3 is 6.03 Å². The number of thiophene rings is 1. The molecule has 0 aliphatic heterocycles. The number of anilines is 4. The van der Waals surface area contributed by atoms with Gasteiger partial charge in [-0.25, -0.2) is 4.79 Å². The van der Waals surface area contributed by atoms with Crippen LogP contribution in [0.5, 0.6) is 0 Å². The van der Waals surface area contributed by atoms with Crippen molar-refractivity contribution in [3.63, 3.8) is 0 Å². The first-order valence-corrected chi connectivity index (χ1v) is 10.3. The van der Waals surface area contributed by atoms with Crippen LogP contribution in [0.1, 0.15) is 22.5 Å². The van der Waals surface area contributed by atoms with E-state index in [0.29, 0.717) is 26.9 Å². The number of carbonyl (C=O) groups excluding carboxylic acids is 3. The number of rotatable bonds is 6. The van der Waals surface area contributed by atoms with Crippen molar-refractivity contribution in [2.45, 2.75) is 12.8 Å². The second-order valence-electron chi connectivity index (χ2n) is 6.90. The number of carbonyl (C=O) groups is 3. The summed E-state index contributed by atoms with van der Waals surface area (Å²) in [5.74, 6) is -0.0891. The van der Waals surface area contributed by atoms with Crippen LogP contribution in [0.15, 0.2) is 66.7 Å². The van der Waals surface area contributed by atoms with Gasteiger partial charge < -0.3 is 16.0 Å². The molecule has 30 heavy (non-hydrogen) atoms. The SMILES string of the molecule is O=C(Nc1ccccc1)Nc1ccc(C(=O)Nc2ccc(NC(=O)C3CC3)cc2)s1. The summed E-state index contributed by atoms with van der Waals surface area (Å²) in [5.41, 5.74) is 2.01. The summed E-state index contributed by atoms with van der Waals surface area (Å²) in [5, 5.41) is 11.7. The Kier molecular flexibility index (Phi) is 5.76. The van der Waals surface area contributed by atoms with E-state index in [1.54, 1.807) is 48.5 Å². The molecule has 0 spiro atoms. The first kappa shape index (κ1) is 19.7. The van der Waals surface area contributed by atoms with Crippen molar-refractivity contribution in [3.05, 3.63) is 71.6 Å². The summed E-state index contributed by atoms with van der Waals surface area (Å²) in [4.78, 5) is 36.8. The highest BCUT2D eigenvalue weighted by Gasteiger charge is 2.29. The molecule has 7 nitrogen and oxygen atoms in total.